The summed E-state index contributed by atoms with van der Waals surface area (Å²) in [6.07, 6.45) is 8.45. The lowest BCUT2D eigenvalue weighted by Gasteiger charge is -2.18. The number of aryl methyl sites for hydroxylation is 1. The van der Waals surface area contributed by atoms with Crippen LogP contribution in [0.5, 0.6) is 0 Å². The van der Waals surface area contributed by atoms with Gasteiger partial charge in [0.15, 0.2) is 0 Å². The zero-order chi connectivity index (χ0) is 13.0. The molecule has 0 aliphatic rings. The van der Waals surface area contributed by atoms with E-state index in [-0.39, 0.29) is 6.04 Å². The molecule has 0 radical (unpaired) electrons. The molecule has 0 spiro atoms. The SMILES string of the molecule is CCCNC(c1cnn(C)c1)c1cnccc1N. The molecule has 0 saturated carbocycles. The highest BCUT2D eigenvalue weighted by Gasteiger charge is 2.17. The van der Waals surface area contributed by atoms with Crippen LogP contribution in [-0.4, -0.2) is 21.3 Å². The van der Waals surface area contributed by atoms with E-state index in [1.807, 2.05) is 31.7 Å². The Kier molecular flexibility index (Phi) is 3.94. The Morgan fingerprint density at radius 2 is 2.28 bits per heavy atom. The Bertz CT molecular complexity index is 506. The summed E-state index contributed by atoms with van der Waals surface area (Å²) in [5.41, 5.74) is 8.88. The smallest absolute Gasteiger partial charge is 0.0643 e. The van der Waals surface area contributed by atoms with Crippen molar-refractivity contribution in [2.24, 2.45) is 7.05 Å². The van der Waals surface area contributed by atoms with E-state index in [0.29, 0.717) is 0 Å². The Labute approximate surface area is 107 Å². The normalized spacial score (nSPS) is 12.6. The molecule has 0 fully saturated rings. The van der Waals surface area contributed by atoms with Crippen LogP contribution >= 0.6 is 0 Å². The van der Waals surface area contributed by atoms with Gasteiger partial charge in [-0.25, -0.2) is 0 Å². The van der Waals surface area contributed by atoms with Crippen LogP contribution in [0.15, 0.2) is 30.9 Å². The number of nitrogens with two attached hydrogens (primary N) is 1. The van der Waals surface area contributed by atoms with Crippen molar-refractivity contribution in [1.29, 1.82) is 0 Å². The topological polar surface area (TPSA) is 68.8 Å². The number of nitrogen functional groups attached to an aromatic ring is 1. The van der Waals surface area contributed by atoms with Crippen LogP contribution < -0.4 is 11.1 Å². The monoisotopic (exact) mass is 245 g/mol. The van der Waals surface area contributed by atoms with Crippen molar-refractivity contribution in [2.45, 2.75) is 19.4 Å². The van der Waals surface area contributed by atoms with E-state index in [4.69, 9.17) is 5.73 Å². The van der Waals surface area contributed by atoms with E-state index >= 15 is 0 Å². The Morgan fingerprint density at radius 3 is 2.89 bits per heavy atom. The number of nitrogens with one attached hydrogen (secondary N) is 1. The first kappa shape index (κ1) is 12.6. The minimum Gasteiger partial charge on any atom is -0.398 e. The van der Waals surface area contributed by atoms with Crippen LogP contribution in [-0.2, 0) is 7.05 Å². The summed E-state index contributed by atoms with van der Waals surface area (Å²) in [6.45, 7) is 3.06. The van der Waals surface area contributed by atoms with Gasteiger partial charge < -0.3 is 11.1 Å². The maximum atomic E-state index is 6.03. The molecule has 2 aromatic rings. The third-order valence-electron chi connectivity index (χ3n) is 2.85. The number of pyridine rings is 1. The molecule has 0 amide bonds. The molecule has 5 heteroatoms. The zero-order valence-corrected chi connectivity index (χ0v) is 10.8. The minimum absolute atomic E-state index is 0.0485. The molecule has 0 aliphatic heterocycles. The van der Waals surface area contributed by atoms with Crippen LogP contribution in [0.4, 0.5) is 5.69 Å². The van der Waals surface area contributed by atoms with Gasteiger partial charge in [0.1, 0.15) is 0 Å². The first-order valence-corrected chi connectivity index (χ1v) is 6.13. The molecule has 0 bridgehead atoms. The van der Waals surface area contributed by atoms with Crippen LogP contribution in [0.25, 0.3) is 0 Å². The van der Waals surface area contributed by atoms with Gasteiger partial charge in [-0.1, -0.05) is 6.92 Å². The van der Waals surface area contributed by atoms with Gasteiger partial charge >= 0.3 is 0 Å². The second kappa shape index (κ2) is 5.64. The summed E-state index contributed by atoms with van der Waals surface area (Å²) in [7, 11) is 1.91. The number of hydrogen-bond donors (Lipinski definition) is 2. The van der Waals surface area contributed by atoms with Gasteiger partial charge in [0.25, 0.3) is 0 Å². The fourth-order valence-corrected chi connectivity index (χ4v) is 1.94. The summed E-state index contributed by atoms with van der Waals surface area (Å²) < 4.78 is 1.79. The standard InChI is InChI=1S/C13H19N5/c1-3-5-16-13(10-7-17-18(2)9-10)11-8-15-6-4-12(11)14/h4,6-9,13,16H,3,5H2,1-2H3,(H2,14,15). The molecular weight excluding hydrogens is 226 g/mol. The van der Waals surface area contributed by atoms with E-state index < -0.39 is 0 Å². The molecular formula is C13H19N5. The molecule has 0 aromatic carbocycles. The van der Waals surface area contributed by atoms with Gasteiger partial charge in [-0.15, -0.1) is 0 Å². The predicted molar refractivity (Wildman–Crippen MR) is 72.0 cm³/mol. The number of hydrogen-bond acceptors (Lipinski definition) is 4. The predicted octanol–water partition coefficient (Wildman–Crippen LogP) is 1.49. The molecule has 96 valence electrons. The minimum atomic E-state index is 0.0485. The molecule has 5 nitrogen and oxygen atoms in total. The van der Waals surface area contributed by atoms with E-state index in [0.717, 1.165) is 29.8 Å². The fraction of sp³-hybridized carbons (Fsp3) is 0.385. The van der Waals surface area contributed by atoms with Gasteiger partial charge in [-0.2, -0.15) is 5.10 Å². The highest BCUT2D eigenvalue weighted by atomic mass is 15.2. The molecule has 0 saturated heterocycles. The van der Waals surface area contributed by atoms with Gasteiger partial charge in [0.2, 0.25) is 0 Å². The van der Waals surface area contributed by atoms with Crippen LogP contribution in [0.1, 0.15) is 30.5 Å². The number of nitrogens with zero attached hydrogens (tertiary/aromatic N) is 3. The van der Waals surface area contributed by atoms with E-state index in [1.165, 1.54) is 0 Å². The van der Waals surface area contributed by atoms with Crippen molar-refractivity contribution in [3.63, 3.8) is 0 Å². The molecule has 1 atom stereocenters. The van der Waals surface area contributed by atoms with Gasteiger partial charge in [-0.05, 0) is 19.0 Å². The summed E-state index contributed by atoms with van der Waals surface area (Å²) in [5, 5.41) is 7.70. The van der Waals surface area contributed by atoms with Crippen LogP contribution in [0.2, 0.25) is 0 Å². The second-order valence-electron chi connectivity index (χ2n) is 4.34. The van der Waals surface area contributed by atoms with Gasteiger partial charge in [-0.3, -0.25) is 9.67 Å². The summed E-state index contributed by atoms with van der Waals surface area (Å²) in [6, 6.07) is 1.87. The second-order valence-corrected chi connectivity index (χ2v) is 4.34. The third kappa shape index (κ3) is 2.68. The molecule has 2 aromatic heterocycles. The summed E-state index contributed by atoms with van der Waals surface area (Å²) in [4.78, 5) is 4.16. The highest BCUT2D eigenvalue weighted by Crippen LogP contribution is 2.25. The number of aromatic nitrogens is 3. The molecule has 3 N–H and O–H groups in total. The Hall–Kier alpha value is -1.88. The number of rotatable bonds is 5. The molecule has 2 rings (SSSR count). The summed E-state index contributed by atoms with van der Waals surface area (Å²) >= 11 is 0. The fourth-order valence-electron chi connectivity index (χ4n) is 1.94. The average molecular weight is 245 g/mol. The van der Waals surface area contributed by atoms with E-state index in [2.05, 4.69) is 22.3 Å². The van der Waals surface area contributed by atoms with Crippen molar-refractivity contribution >= 4 is 5.69 Å². The first-order chi connectivity index (χ1) is 8.72. The van der Waals surface area contributed by atoms with Crippen molar-refractivity contribution in [2.75, 3.05) is 12.3 Å². The third-order valence-corrected chi connectivity index (χ3v) is 2.85. The molecule has 18 heavy (non-hydrogen) atoms. The van der Waals surface area contributed by atoms with Crippen molar-refractivity contribution < 1.29 is 0 Å². The van der Waals surface area contributed by atoms with E-state index in [9.17, 15) is 0 Å². The number of anilines is 1. The van der Waals surface area contributed by atoms with Crippen molar-refractivity contribution in [3.05, 3.63) is 42.0 Å². The lowest BCUT2D eigenvalue weighted by atomic mass is 10.0. The molecule has 1 unspecified atom stereocenters. The average Bonchev–Trinajstić information content (AvgIpc) is 2.78. The van der Waals surface area contributed by atoms with Crippen LogP contribution in [0, 0.1) is 0 Å². The van der Waals surface area contributed by atoms with E-state index in [1.54, 1.807) is 10.9 Å². The van der Waals surface area contributed by atoms with Gasteiger partial charge in [0.05, 0.1) is 12.2 Å². The first-order valence-electron chi connectivity index (χ1n) is 6.13. The quantitative estimate of drug-likeness (QED) is 0.837. The van der Waals surface area contributed by atoms with Crippen molar-refractivity contribution in [1.82, 2.24) is 20.1 Å². The summed E-state index contributed by atoms with van der Waals surface area (Å²) in [5.74, 6) is 0. The maximum absolute atomic E-state index is 6.03. The molecule has 0 aliphatic carbocycles. The molecule has 2 heterocycles. The Balaban J connectivity index is 2.33. The highest BCUT2D eigenvalue weighted by molar-refractivity contribution is 5.49. The van der Waals surface area contributed by atoms with Crippen molar-refractivity contribution in [3.8, 4) is 0 Å². The largest absolute Gasteiger partial charge is 0.398 e. The maximum Gasteiger partial charge on any atom is 0.0643 e. The lowest BCUT2D eigenvalue weighted by Crippen LogP contribution is -2.24. The zero-order valence-electron chi connectivity index (χ0n) is 10.8. The van der Waals surface area contributed by atoms with Gasteiger partial charge in [0, 0.05) is 42.5 Å². The lowest BCUT2D eigenvalue weighted by molar-refractivity contribution is 0.597. The van der Waals surface area contributed by atoms with Crippen LogP contribution in [0.3, 0.4) is 0 Å². The Morgan fingerprint density at radius 1 is 1.44 bits per heavy atom.